The number of amides is 1. The van der Waals surface area contributed by atoms with Crippen LogP contribution in [0.15, 0.2) is 24.3 Å². The van der Waals surface area contributed by atoms with E-state index in [1.165, 1.54) is 5.56 Å². The fourth-order valence-electron chi connectivity index (χ4n) is 1.82. The highest BCUT2D eigenvalue weighted by molar-refractivity contribution is 7.98. The summed E-state index contributed by atoms with van der Waals surface area (Å²) in [6, 6.07) is 7.78. The van der Waals surface area contributed by atoms with Crippen molar-refractivity contribution in [3.05, 3.63) is 35.4 Å². The highest BCUT2D eigenvalue weighted by Gasteiger charge is 2.05. The van der Waals surface area contributed by atoms with E-state index in [0.29, 0.717) is 12.1 Å². The molecule has 0 fully saturated rings. The average Bonchev–Trinajstić information content (AvgIpc) is 2.49. The molecule has 1 aromatic rings. The minimum atomic E-state index is -0.248. The van der Waals surface area contributed by atoms with Crippen LogP contribution in [0.2, 0.25) is 0 Å². The van der Waals surface area contributed by atoms with Crippen LogP contribution in [0.25, 0.3) is 0 Å². The zero-order chi connectivity index (χ0) is 14.8. The van der Waals surface area contributed by atoms with Crippen LogP contribution in [0.1, 0.15) is 49.0 Å². The summed E-state index contributed by atoms with van der Waals surface area (Å²) in [4.78, 5) is 11.9. The Morgan fingerprint density at radius 2 is 2.00 bits per heavy atom. The molecule has 1 amide bonds. The Hall–Kier alpha value is -1.00. The second kappa shape index (κ2) is 9.83. The molecule has 20 heavy (non-hydrogen) atoms. The number of carbonyl (C=O) groups excluding carboxylic acids is 1. The summed E-state index contributed by atoms with van der Waals surface area (Å²) in [5.74, 6) is 2.06. The van der Waals surface area contributed by atoms with Gasteiger partial charge in [-0.1, -0.05) is 26.0 Å². The lowest BCUT2D eigenvalue weighted by molar-refractivity contribution is 0.0948. The van der Waals surface area contributed by atoms with Gasteiger partial charge in [0.05, 0.1) is 6.10 Å². The Labute approximate surface area is 126 Å². The Bertz CT molecular complexity index is 392. The molecule has 0 aliphatic rings. The molecular weight excluding hydrogens is 270 g/mol. The molecule has 4 heteroatoms. The minimum Gasteiger partial charge on any atom is -0.393 e. The summed E-state index contributed by atoms with van der Waals surface area (Å²) in [7, 11) is 0. The average molecular weight is 295 g/mol. The van der Waals surface area contributed by atoms with Crippen LogP contribution in [0.5, 0.6) is 0 Å². The number of hydrogen-bond acceptors (Lipinski definition) is 3. The van der Waals surface area contributed by atoms with Crippen molar-refractivity contribution in [2.75, 3.05) is 12.3 Å². The summed E-state index contributed by atoms with van der Waals surface area (Å²) >= 11 is 1.87. The van der Waals surface area contributed by atoms with Gasteiger partial charge in [0.25, 0.3) is 5.91 Å². The smallest absolute Gasteiger partial charge is 0.251 e. The summed E-state index contributed by atoms with van der Waals surface area (Å²) in [6.45, 7) is 4.72. The molecule has 0 saturated heterocycles. The second-order valence-electron chi connectivity index (χ2n) is 4.79. The van der Waals surface area contributed by atoms with Gasteiger partial charge in [0.1, 0.15) is 0 Å². The number of benzene rings is 1. The molecule has 0 radical (unpaired) electrons. The molecule has 2 N–H and O–H groups in total. The number of nitrogens with one attached hydrogen (secondary N) is 1. The van der Waals surface area contributed by atoms with Crippen LogP contribution in [-0.4, -0.2) is 29.4 Å². The molecule has 112 valence electrons. The van der Waals surface area contributed by atoms with Crippen molar-refractivity contribution in [3.8, 4) is 0 Å². The lowest BCUT2D eigenvalue weighted by Crippen LogP contribution is -2.25. The molecule has 0 aromatic heterocycles. The largest absolute Gasteiger partial charge is 0.393 e. The molecule has 1 unspecified atom stereocenters. The van der Waals surface area contributed by atoms with Crippen molar-refractivity contribution in [2.24, 2.45) is 0 Å². The number of carbonyl (C=O) groups is 1. The van der Waals surface area contributed by atoms with E-state index in [4.69, 9.17) is 0 Å². The number of thioether (sulfide) groups is 1. The Morgan fingerprint density at radius 1 is 1.30 bits per heavy atom. The zero-order valence-electron chi connectivity index (χ0n) is 12.4. The van der Waals surface area contributed by atoms with Crippen LogP contribution in [0.3, 0.4) is 0 Å². The van der Waals surface area contributed by atoms with Gasteiger partial charge in [-0.25, -0.2) is 0 Å². The lowest BCUT2D eigenvalue weighted by atomic mass is 10.1. The maximum Gasteiger partial charge on any atom is 0.251 e. The second-order valence-corrected chi connectivity index (χ2v) is 6.07. The molecule has 0 bridgehead atoms. The van der Waals surface area contributed by atoms with Gasteiger partial charge in [0, 0.05) is 17.9 Å². The number of aliphatic hydroxyl groups excluding tert-OH is 1. The van der Waals surface area contributed by atoms with Gasteiger partial charge in [-0.05, 0) is 42.7 Å². The molecule has 0 aliphatic carbocycles. The third-order valence-corrected chi connectivity index (χ3v) is 4.11. The number of rotatable bonds is 9. The zero-order valence-corrected chi connectivity index (χ0v) is 13.2. The van der Waals surface area contributed by atoms with Gasteiger partial charge in [0.2, 0.25) is 0 Å². The Kier molecular flexibility index (Phi) is 8.38. The molecule has 1 atom stereocenters. The molecule has 0 heterocycles. The minimum absolute atomic E-state index is 0.0364. The van der Waals surface area contributed by atoms with Gasteiger partial charge in [-0.15, -0.1) is 0 Å². The van der Waals surface area contributed by atoms with Gasteiger partial charge in [-0.2, -0.15) is 11.8 Å². The molecule has 1 aromatic carbocycles. The van der Waals surface area contributed by atoms with Crippen LogP contribution in [0, 0.1) is 0 Å². The monoisotopic (exact) mass is 295 g/mol. The highest BCUT2D eigenvalue weighted by Crippen LogP contribution is 2.12. The lowest BCUT2D eigenvalue weighted by Gasteiger charge is -2.08. The third kappa shape index (κ3) is 6.44. The maximum atomic E-state index is 11.9. The Balaban J connectivity index is 2.32. The summed E-state index contributed by atoms with van der Waals surface area (Å²) in [5.41, 5.74) is 1.95. The summed E-state index contributed by atoms with van der Waals surface area (Å²) in [5, 5.41) is 12.3. The molecule has 0 spiro atoms. The van der Waals surface area contributed by atoms with Gasteiger partial charge in [0.15, 0.2) is 0 Å². The fraction of sp³-hybridized carbons (Fsp3) is 0.562. The first-order valence-electron chi connectivity index (χ1n) is 7.30. The van der Waals surface area contributed by atoms with E-state index in [1.807, 2.05) is 43.0 Å². The van der Waals surface area contributed by atoms with Crippen molar-refractivity contribution in [1.29, 1.82) is 0 Å². The van der Waals surface area contributed by atoms with E-state index >= 15 is 0 Å². The van der Waals surface area contributed by atoms with Gasteiger partial charge in [-0.3, -0.25) is 4.79 Å². The predicted octanol–water partition coefficient (Wildman–Crippen LogP) is 3.22. The molecule has 0 saturated carbocycles. The van der Waals surface area contributed by atoms with Crippen LogP contribution in [-0.2, 0) is 5.75 Å². The van der Waals surface area contributed by atoms with E-state index in [9.17, 15) is 9.90 Å². The van der Waals surface area contributed by atoms with Crippen LogP contribution in [0.4, 0.5) is 0 Å². The Morgan fingerprint density at radius 3 is 2.60 bits per heavy atom. The van der Waals surface area contributed by atoms with E-state index in [-0.39, 0.29) is 12.0 Å². The summed E-state index contributed by atoms with van der Waals surface area (Å²) in [6.07, 6.45) is 2.07. The third-order valence-electron chi connectivity index (χ3n) is 3.16. The van der Waals surface area contributed by atoms with E-state index in [0.717, 1.165) is 30.8 Å². The maximum absolute atomic E-state index is 11.9. The van der Waals surface area contributed by atoms with Crippen LogP contribution < -0.4 is 5.32 Å². The normalized spacial score (nSPS) is 12.2. The van der Waals surface area contributed by atoms with E-state index < -0.39 is 0 Å². The van der Waals surface area contributed by atoms with Gasteiger partial charge < -0.3 is 10.4 Å². The fourth-order valence-corrected chi connectivity index (χ4v) is 2.45. The molecule has 3 nitrogen and oxygen atoms in total. The highest BCUT2D eigenvalue weighted by atomic mass is 32.2. The number of aliphatic hydroxyl groups is 1. The topological polar surface area (TPSA) is 49.3 Å². The standard InChI is InChI=1S/C16H25NO2S/c1-3-15(18)6-5-11-17-16(19)14-9-7-13(8-10-14)12-20-4-2/h7-10,15,18H,3-6,11-12H2,1-2H3,(H,17,19). The number of hydrogen-bond donors (Lipinski definition) is 2. The van der Waals surface area contributed by atoms with E-state index in [1.54, 1.807) is 0 Å². The van der Waals surface area contributed by atoms with Crippen molar-refractivity contribution >= 4 is 17.7 Å². The van der Waals surface area contributed by atoms with Crippen molar-refractivity contribution in [3.63, 3.8) is 0 Å². The first-order chi connectivity index (χ1) is 9.67. The van der Waals surface area contributed by atoms with E-state index in [2.05, 4.69) is 12.2 Å². The first-order valence-corrected chi connectivity index (χ1v) is 8.45. The van der Waals surface area contributed by atoms with Crippen molar-refractivity contribution in [2.45, 2.75) is 45.0 Å². The molecule has 0 aliphatic heterocycles. The summed E-state index contributed by atoms with van der Waals surface area (Å²) < 4.78 is 0. The molecular formula is C16H25NO2S. The quantitative estimate of drug-likeness (QED) is 0.688. The van der Waals surface area contributed by atoms with Crippen LogP contribution >= 0.6 is 11.8 Å². The predicted molar refractivity (Wildman–Crippen MR) is 86.1 cm³/mol. The first kappa shape index (κ1) is 17.1. The van der Waals surface area contributed by atoms with Gasteiger partial charge >= 0.3 is 0 Å². The molecule has 1 rings (SSSR count). The van der Waals surface area contributed by atoms with Crippen molar-refractivity contribution in [1.82, 2.24) is 5.32 Å². The van der Waals surface area contributed by atoms with Crippen molar-refractivity contribution < 1.29 is 9.90 Å². The SMILES string of the molecule is CCSCc1ccc(C(=O)NCCCC(O)CC)cc1.